The van der Waals surface area contributed by atoms with Crippen molar-refractivity contribution in [1.82, 2.24) is 9.80 Å². The molecule has 2 aromatic carbocycles. The van der Waals surface area contributed by atoms with Gasteiger partial charge in [-0.25, -0.2) is 4.79 Å². The van der Waals surface area contributed by atoms with Crippen molar-refractivity contribution in [2.75, 3.05) is 39.9 Å². The fourth-order valence-corrected chi connectivity index (χ4v) is 8.75. The Morgan fingerprint density at radius 1 is 0.537 bits per heavy atom. The lowest BCUT2D eigenvalue weighted by molar-refractivity contribution is -0.187. The third-order valence-electron chi connectivity index (χ3n) is 10.6. The van der Waals surface area contributed by atoms with Crippen molar-refractivity contribution >= 4 is 22.2 Å². The molecular weight excluding hydrogens is 705 g/mol. The van der Waals surface area contributed by atoms with Gasteiger partial charge in [0.1, 0.15) is 25.8 Å². The number of unbranched alkanes of at least 4 members (excludes halogenated alkanes) is 8. The zero-order chi connectivity index (χ0) is 39.2. The molecule has 4 atom stereocenters. The van der Waals surface area contributed by atoms with Gasteiger partial charge < -0.3 is 28.7 Å². The summed E-state index contributed by atoms with van der Waals surface area (Å²) in [6.07, 6.45) is 11.9. The van der Waals surface area contributed by atoms with Crippen LogP contribution in [0.4, 0.5) is 4.79 Å². The molecule has 0 unspecified atom stereocenters. The summed E-state index contributed by atoms with van der Waals surface area (Å²) in [7, 11) is -2.56. The largest absolute Gasteiger partial charge is 0.356 e. The highest BCUT2D eigenvalue weighted by molar-refractivity contribution is 6.76. The minimum Gasteiger partial charge on any atom is -0.356 e. The van der Waals surface area contributed by atoms with Crippen LogP contribution >= 0.6 is 0 Å². The molecule has 0 bridgehead atoms. The van der Waals surface area contributed by atoms with Crippen LogP contribution in [-0.2, 0) is 31.8 Å². The highest BCUT2D eigenvalue weighted by Gasteiger charge is 2.48. The van der Waals surface area contributed by atoms with E-state index in [4.69, 9.17) is 18.9 Å². The normalized spacial score (nSPS) is 19.7. The summed E-state index contributed by atoms with van der Waals surface area (Å²) < 4.78 is 26.5. The summed E-state index contributed by atoms with van der Waals surface area (Å²) >= 11 is 0. The monoisotopic (exact) mass is 783 g/mol. The second-order valence-corrected chi connectivity index (χ2v) is 29.2. The van der Waals surface area contributed by atoms with E-state index in [9.17, 15) is 0 Å². The number of urea groups is 1. The standard InChI is InChI=1S/C45H78N2O5Si2/c1-9-11-13-15-23-29-46-41(35-39-25-19-17-20-26-39)43(51-37-49-31-33-53(3,4)5)44(52-38-50-32-34-54(6,7)8)42(36-40-27-21-18-22-28-40)47(45(46)48)30-24-16-14-12-10-2/h17-22,25-28,41-44H,9-16,23-24,29-38H2,1-8H3/t41-,42-,43+,44+/m1/s1. The van der Waals surface area contributed by atoms with Crippen molar-refractivity contribution in [2.45, 2.75) is 167 Å². The first-order chi connectivity index (χ1) is 25.9. The average Bonchev–Trinajstić information content (AvgIpc) is 3.20. The average molecular weight is 783 g/mol. The van der Waals surface area contributed by atoms with E-state index in [-0.39, 0.29) is 31.7 Å². The zero-order valence-electron chi connectivity index (χ0n) is 35.7. The molecule has 9 heteroatoms. The van der Waals surface area contributed by atoms with E-state index in [1.54, 1.807) is 0 Å². The van der Waals surface area contributed by atoms with Gasteiger partial charge in [0, 0.05) is 42.5 Å². The Hall–Kier alpha value is -2.02. The third kappa shape index (κ3) is 17.8. The molecule has 0 spiro atoms. The van der Waals surface area contributed by atoms with Gasteiger partial charge in [0.2, 0.25) is 0 Å². The summed E-state index contributed by atoms with van der Waals surface area (Å²) in [6.45, 7) is 21.8. The number of rotatable bonds is 28. The van der Waals surface area contributed by atoms with Crippen molar-refractivity contribution in [3.05, 3.63) is 71.8 Å². The summed E-state index contributed by atoms with van der Waals surface area (Å²) in [5.41, 5.74) is 2.38. The van der Waals surface area contributed by atoms with Gasteiger partial charge in [-0.05, 0) is 48.9 Å². The van der Waals surface area contributed by atoms with E-state index in [1.165, 1.54) is 49.7 Å². The molecule has 0 aromatic heterocycles. The zero-order valence-corrected chi connectivity index (χ0v) is 37.7. The fraction of sp³-hybridized carbons (Fsp3) is 0.711. The number of nitrogens with zero attached hydrogens (tertiary/aromatic N) is 2. The molecular formula is C45H78N2O5Si2. The topological polar surface area (TPSA) is 60.5 Å². The predicted octanol–water partition coefficient (Wildman–Crippen LogP) is 11.3. The van der Waals surface area contributed by atoms with Gasteiger partial charge in [-0.2, -0.15) is 0 Å². The fourth-order valence-electron chi connectivity index (χ4n) is 7.24. The first kappa shape index (κ1) is 46.4. The van der Waals surface area contributed by atoms with Crippen LogP contribution < -0.4 is 0 Å². The summed E-state index contributed by atoms with van der Waals surface area (Å²) in [5.74, 6) is 0. The Bertz CT molecular complexity index is 1160. The molecule has 0 radical (unpaired) electrons. The minimum absolute atomic E-state index is 0.113. The van der Waals surface area contributed by atoms with Crippen LogP contribution in [0.15, 0.2) is 60.7 Å². The van der Waals surface area contributed by atoms with Crippen molar-refractivity contribution < 1.29 is 23.7 Å². The predicted molar refractivity (Wildman–Crippen MR) is 232 cm³/mol. The van der Waals surface area contributed by atoms with Gasteiger partial charge in [-0.15, -0.1) is 0 Å². The lowest BCUT2D eigenvalue weighted by atomic mass is 9.90. The number of carbonyl (C=O) groups excluding carboxylic acids is 1. The van der Waals surface area contributed by atoms with Crippen LogP contribution in [0.25, 0.3) is 0 Å². The first-order valence-corrected chi connectivity index (χ1v) is 28.9. The molecule has 306 valence electrons. The van der Waals surface area contributed by atoms with Crippen molar-refractivity contribution in [3.63, 3.8) is 0 Å². The highest BCUT2D eigenvalue weighted by Crippen LogP contribution is 2.32. The van der Waals surface area contributed by atoms with Crippen molar-refractivity contribution in [1.29, 1.82) is 0 Å². The van der Waals surface area contributed by atoms with E-state index >= 15 is 4.79 Å². The molecule has 0 saturated carbocycles. The Labute approximate surface area is 332 Å². The molecule has 0 aliphatic carbocycles. The van der Waals surface area contributed by atoms with Crippen molar-refractivity contribution in [3.8, 4) is 0 Å². The van der Waals surface area contributed by atoms with Crippen LogP contribution in [0, 0.1) is 0 Å². The number of carbonyl (C=O) groups is 1. The van der Waals surface area contributed by atoms with E-state index in [2.05, 4.69) is 124 Å². The Morgan fingerprint density at radius 2 is 0.907 bits per heavy atom. The van der Waals surface area contributed by atoms with Gasteiger partial charge in [-0.1, -0.05) is 165 Å². The summed E-state index contributed by atoms with van der Waals surface area (Å²) in [4.78, 5) is 19.7. The molecule has 1 fully saturated rings. The van der Waals surface area contributed by atoms with E-state index in [0.29, 0.717) is 39.1 Å². The van der Waals surface area contributed by atoms with Crippen LogP contribution in [0.3, 0.4) is 0 Å². The van der Waals surface area contributed by atoms with Gasteiger partial charge in [0.15, 0.2) is 0 Å². The van der Waals surface area contributed by atoms with E-state index < -0.39 is 28.4 Å². The number of benzene rings is 2. The molecule has 1 heterocycles. The van der Waals surface area contributed by atoms with Gasteiger partial charge >= 0.3 is 6.03 Å². The molecule has 1 aliphatic rings. The highest BCUT2D eigenvalue weighted by atomic mass is 28.3. The maximum Gasteiger partial charge on any atom is 0.320 e. The quantitative estimate of drug-likeness (QED) is 0.0489. The Morgan fingerprint density at radius 3 is 1.26 bits per heavy atom. The molecule has 2 aromatic rings. The van der Waals surface area contributed by atoms with Gasteiger partial charge in [0.05, 0.1) is 12.1 Å². The molecule has 7 nitrogen and oxygen atoms in total. The molecule has 1 aliphatic heterocycles. The number of hydrogen-bond donors (Lipinski definition) is 0. The first-order valence-electron chi connectivity index (χ1n) is 21.5. The molecule has 3 rings (SSSR count). The Kier molecular flexibility index (Phi) is 21.7. The number of amides is 2. The number of ether oxygens (including phenoxy) is 4. The minimum atomic E-state index is -1.28. The molecule has 2 amide bonds. The maximum atomic E-state index is 15.3. The van der Waals surface area contributed by atoms with Crippen LogP contribution in [-0.4, -0.2) is 96.2 Å². The van der Waals surface area contributed by atoms with Crippen LogP contribution in [0.5, 0.6) is 0 Å². The second kappa shape index (κ2) is 25.3. The van der Waals surface area contributed by atoms with Crippen LogP contribution in [0.2, 0.25) is 51.4 Å². The third-order valence-corrected chi connectivity index (χ3v) is 14.0. The molecule has 54 heavy (non-hydrogen) atoms. The summed E-state index contributed by atoms with van der Waals surface area (Å²) in [6, 6.07) is 23.0. The smallest absolute Gasteiger partial charge is 0.320 e. The maximum absolute atomic E-state index is 15.3. The lowest BCUT2D eigenvalue weighted by Gasteiger charge is -2.38. The number of hydrogen-bond acceptors (Lipinski definition) is 5. The van der Waals surface area contributed by atoms with E-state index in [1.807, 2.05) is 0 Å². The van der Waals surface area contributed by atoms with Crippen molar-refractivity contribution in [2.24, 2.45) is 0 Å². The van der Waals surface area contributed by atoms with Gasteiger partial charge in [0.25, 0.3) is 0 Å². The van der Waals surface area contributed by atoms with Gasteiger partial charge in [-0.3, -0.25) is 0 Å². The van der Waals surface area contributed by atoms with Crippen LogP contribution in [0.1, 0.15) is 89.2 Å². The second-order valence-electron chi connectivity index (χ2n) is 17.9. The molecule has 0 N–H and O–H groups in total. The summed E-state index contributed by atoms with van der Waals surface area (Å²) in [5, 5.41) is 0. The van der Waals surface area contributed by atoms with E-state index in [0.717, 1.165) is 37.8 Å². The Balaban J connectivity index is 2.11. The molecule has 1 saturated heterocycles. The lowest BCUT2D eigenvalue weighted by Crippen LogP contribution is -2.53. The SMILES string of the molecule is CCCCCCCN1C(=O)N(CCCCCCC)[C@H](Cc2ccccc2)[C@H](OCOCC[Si](C)(C)C)[C@@H](OCOCC[Si](C)(C)C)[C@H]1Cc1ccccc1.